The van der Waals surface area contributed by atoms with E-state index in [9.17, 15) is 18.4 Å². The van der Waals surface area contributed by atoms with Gasteiger partial charge in [-0.15, -0.1) is 0 Å². The second-order valence-corrected chi connectivity index (χ2v) is 3.52. The van der Waals surface area contributed by atoms with Crippen LogP contribution in [0, 0.1) is 11.6 Å². The first-order valence-corrected chi connectivity index (χ1v) is 5.01. The standard InChI is InChI=1S/C12H8F2N2O2/c13-9-2-1-8(6-10(9)14)16-12(18)7-3-4-15-11(17)5-7/h1-6H,(H,15,17)(H,16,18). The lowest BCUT2D eigenvalue weighted by Crippen LogP contribution is -2.15. The van der Waals surface area contributed by atoms with Crippen LogP contribution in [0.5, 0.6) is 0 Å². The summed E-state index contributed by atoms with van der Waals surface area (Å²) < 4.78 is 25.6. The molecule has 2 aromatic rings. The molecule has 0 atom stereocenters. The maximum absolute atomic E-state index is 12.9. The van der Waals surface area contributed by atoms with E-state index in [-0.39, 0.29) is 11.3 Å². The van der Waals surface area contributed by atoms with Crippen LogP contribution < -0.4 is 10.9 Å². The van der Waals surface area contributed by atoms with E-state index >= 15 is 0 Å². The number of halogens is 2. The number of hydrogen-bond acceptors (Lipinski definition) is 2. The Morgan fingerprint density at radius 1 is 1.11 bits per heavy atom. The molecule has 1 amide bonds. The van der Waals surface area contributed by atoms with Gasteiger partial charge in [0.25, 0.3) is 5.91 Å². The molecule has 0 radical (unpaired) electrons. The fraction of sp³-hybridized carbons (Fsp3) is 0. The molecule has 0 bridgehead atoms. The molecule has 2 N–H and O–H groups in total. The molecule has 0 fully saturated rings. The van der Waals surface area contributed by atoms with E-state index in [1.54, 1.807) is 0 Å². The van der Waals surface area contributed by atoms with Crippen LogP contribution in [0.25, 0.3) is 0 Å². The van der Waals surface area contributed by atoms with Crippen LogP contribution in [0.3, 0.4) is 0 Å². The quantitative estimate of drug-likeness (QED) is 0.855. The molecule has 0 aliphatic heterocycles. The number of H-pyrrole nitrogens is 1. The predicted octanol–water partition coefficient (Wildman–Crippen LogP) is 1.91. The van der Waals surface area contributed by atoms with E-state index in [0.717, 1.165) is 18.2 Å². The summed E-state index contributed by atoms with van der Waals surface area (Å²) in [6, 6.07) is 5.50. The summed E-state index contributed by atoms with van der Waals surface area (Å²) in [5.74, 6) is -2.63. The third-order valence-electron chi connectivity index (χ3n) is 2.21. The van der Waals surface area contributed by atoms with Crippen molar-refractivity contribution in [3.63, 3.8) is 0 Å². The van der Waals surface area contributed by atoms with Crippen LogP contribution in [0.15, 0.2) is 41.3 Å². The van der Waals surface area contributed by atoms with Crippen LogP contribution in [-0.4, -0.2) is 10.9 Å². The molecule has 0 unspecified atom stereocenters. The number of aromatic nitrogens is 1. The van der Waals surface area contributed by atoms with E-state index < -0.39 is 23.1 Å². The maximum atomic E-state index is 12.9. The first kappa shape index (κ1) is 12.0. The fourth-order valence-electron chi connectivity index (χ4n) is 1.36. The minimum Gasteiger partial charge on any atom is -0.329 e. The number of pyridine rings is 1. The summed E-state index contributed by atoms with van der Waals surface area (Å²) in [5.41, 5.74) is -0.185. The second-order valence-electron chi connectivity index (χ2n) is 3.52. The van der Waals surface area contributed by atoms with Crippen LogP contribution >= 0.6 is 0 Å². The van der Waals surface area contributed by atoms with Gasteiger partial charge in [0, 0.05) is 29.6 Å². The average molecular weight is 250 g/mol. The van der Waals surface area contributed by atoms with Gasteiger partial charge in [-0.1, -0.05) is 0 Å². The van der Waals surface area contributed by atoms with Gasteiger partial charge in [0.05, 0.1) is 0 Å². The highest BCUT2D eigenvalue weighted by Gasteiger charge is 2.08. The van der Waals surface area contributed by atoms with Crippen molar-refractivity contribution in [2.24, 2.45) is 0 Å². The number of benzene rings is 1. The number of anilines is 1. The molecule has 1 aromatic carbocycles. The topological polar surface area (TPSA) is 62.0 Å². The van der Waals surface area contributed by atoms with Gasteiger partial charge in [-0.3, -0.25) is 9.59 Å². The lowest BCUT2D eigenvalue weighted by molar-refractivity contribution is 0.102. The number of aromatic amines is 1. The van der Waals surface area contributed by atoms with E-state index in [4.69, 9.17) is 0 Å². The van der Waals surface area contributed by atoms with Gasteiger partial charge in [0.1, 0.15) is 0 Å². The number of rotatable bonds is 2. The van der Waals surface area contributed by atoms with Crippen molar-refractivity contribution in [1.82, 2.24) is 4.98 Å². The van der Waals surface area contributed by atoms with Gasteiger partial charge < -0.3 is 10.3 Å². The normalized spacial score (nSPS) is 10.1. The monoisotopic (exact) mass is 250 g/mol. The summed E-state index contributed by atoms with van der Waals surface area (Å²) in [6.45, 7) is 0. The molecular formula is C12H8F2N2O2. The average Bonchev–Trinajstić information content (AvgIpc) is 2.34. The molecule has 2 rings (SSSR count). The third kappa shape index (κ3) is 2.60. The Hall–Kier alpha value is -2.50. The Morgan fingerprint density at radius 2 is 1.89 bits per heavy atom. The predicted molar refractivity (Wildman–Crippen MR) is 61.4 cm³/mol. The molecule has 1 aromatic heterocycles. The van der Waals surface area contributed by atoms with Crippen molar-refractivity contribution < 1.29 is 13.6 Å². The Morgan fingerprint density at radius 3 is 2.56 bits per heavy atom. The maximum Gasteiger partial charge on any atom is 0.255 e. The molecule has 0 aliphatic carbocycles. The summed E-state index contributed by atoms with van der Waals surface area (Å²) in [6.07, 6.45) is 1.32. The second kappa shape index (κ2) is 4.79. The fourth-order valence-corrected chi connectivity index (χ4v) is 1.36. The van der Waals surface area contributed by atoms with Crippen molar-refractivity contribution >= 4 is 11.6 Å². The van der Waals surface area contributed by atoms with Gasteiger partial charge in [-0.25, -0.2) is 8.78 Å². The molecule has 92 valence electrons. The molecule has 0 saturated heterocycles. The third-order valence-corrected chi connectivity index (χ3v) is 2.21. The molecule has 0 spiro atoms. The van der Waals surface area contributed by atoms with Gasteiger partial charge in [0.2, 0.25) is 5.56 Å². The first-order chi connectivity index (χ1) is 8.56. The summed E-state index contributed by atoms with van der Waals surface area (Å²) in [5, 5.41) is 2.36. The Balaban J connectivity index is 2.21. The zero-order valence-corrected chi connectivity index (χ0v) is 9.04. The molecule has 1 heterocycles. The van der Waals surface area contributed by atoms with Crippen LogP contribution in [0.4, 0.5) is 14.5 Å². The van der Waals surface area contributed by atoms with Crippen molar-refractivity contribution in [3.05, 3.63) is 64.1 Å². The zero-order valence-electron chi connectivity index (χ0n) is 9.04. The Bertz CT molecular complexity index is 653. The summed E-state index contributed by atoms with van der Waals surface area (Å²) in [7, 11) is 0. The largest absolute Gasteiger partial charge is 0.329 e. The van der Waals surface area contributed by atoms with Crippen LogP contribution in [0.1, 0.15) is 10.4 Å². The highest BCUT2D eigenvalue weighted by atomic mass is 19.2. The summed E-state index contributed by atoms with van der Waals surface area (Å²) in [4.78, 5) is 25.0. The Labute approximate surface area is 100 Å². The van der Waals surface area contributed by atoms with Crippen molar-refractivity contribution in [3.8, 4) is 0 Å². The van der Waals surface area contributed by atoms with Gasteiger partial charge in [-0.2, -0.15) is 0 Å². The minimum absolute atomic E-state index is 0.110. The molecule has 0 saturated carbocycles. The van der Waals surface area contributed by atoms with E-state index in [1.165, 1.54) is 18.3 Å². The van der Waals surface area contributed by atoms with E-state index in [2.05, 4.69) is 10.3 Å². The zero-order chi connectivity index (χ0) is 13.1. The number of nitrogens with one attached hydrogen (secondary N) is 2. The molecule has 4 nitrogen and oxygen atoms in total. The van der Waals surface area contributed by atoms with Crippen molar-refractivity contribution in [2.75, 3.05) is 5.32 Å². The van der Waals surface area contributed by atoms with Crippen molar-refractivity contribution in [1.29, 1.82) is 0 Å². The molecule has 0 aliphatic rings. The lowest BCUT2D eigenvalue weighted by Gasteiger charge is -2.05. The van der Waals surface area contributed by atoms with Crippen LogP contribution in [-0.2, 0) is 0 Å². The number of carbonyl (C=O) groups is 1. The van der Waals surface area contributed by atoms with Gasteiger partial charge >= 0.3 is 0 Å². The lowest BCUT2D eigenvalue weighted by atomic mass is 10.2. The number of hydrogen-bond donors (Lipinski definition) is 2. The first-order valence-electron chi connectivity index (χ1n) is 5.01. The Kier molecular flexibility index (Phi) is 3.18. The minimum atomic E-state index is -1.06. The van der Waals surface area contributed by atoms with E-state index in [1.807, 2.05) is 0 Å². The van der Waals surface area contributed by atoms with Crippen LogP contribution in [0.2, 0.25) is 0 Å². The van der Waals surface area contributed by atoms with Gasteiger partial charge in [-0.05, 0) is 18.2 Å². The highest BCUT2D eigenvalue weighted by Crippen LogP contribution is 2.13. The number of amides is 1. The van der Waals surface area contributed by atoms with Gasteiger partial charge in [0.15, 0.2) is 11.6 Å². The van der Waals surface area contributed by atoms with E-state index in [0.29, 0.717) is 0 Å². The smallest absolute Gasteiger partial charge is 0.255 e. The SMILES string of the molecule is O=C(Nc1ccc(F)c(F)c1)c1cc[nH]c(=O)c1. The summed E-state index contributed by atoms with van der Waals surface area (Å²) >= 11 is 0. The number of carbonyl (C=O) groups excluding carboxylic acids is 1. The molecular weight excluding hydrogens is 242 g/mol. The van der Waals surface area contributed by atoms with Crippen molar-refractivity contribution in [2.45, 2.75) is 0 Å². The highest BCUT2D eigenvalue weighted by molar-refractivity contribution is 6.04. The molecule has 18 heavy (non-hydrogen) atoms. The molecule has 6 heteroatoms.